The molecule has 21 heavy (non-hydrogen) atoms. The molecule has 2 aromatic rings. The number of anilines is 2. The van der Waals surface area contributed by atoms with Gasteiger partial charge in [0.25, 0.3) is 0 Å². The summed E-state index contributed by atoms with van der Waals surface area (Å²) in [5, 5.41) is 2.71. The number of rotatable bonds is 3. The zero-order valence-electron chi connectivity index (χ0n) is 10.8. The van der Waals surface area contributed by atoms with Crippen LogP contribution in [-0.4, -0.2) is 11.9 Å². The van der Waals surface area contributed by atoms with Gasteiger partial charge >= 0.3 is 6.03 Å². The van der Waals surface area contributed by atoms with E-state index < -0.39 is 11.9 Å². The predicted octanol–water partition coefficient (Wildman–Crippen LogP) is 3.43. The molecule has 0 fully saturated rings. The normalized spacial score (nSPS) is 10.0. The van der Waals surface area contributed by atoms with Crippen LogP contribution >= 0.6 is 28.7 Å². The smallest absolute Gasteiger partial charge is 0.336 e. The third-order valence-corrected chi connectivity index (χ3v) is 3.57. The topological polar surface area (TPSA) is 75.4 Å². The van der Waals surface area contributed by atoms with Crippen molar-refractivity contribution in [1.82, 2.24) is 0 Å². The van der Waals surface area contributed by atoms with E-state index in [2.05, 4.69) is 34.1 Å². The highest BCUT2D eigenvalue weighted by molar-refractivity contribution is 9.10. The van der Waals surface area contributed by atoms with Crippen LogP contribution in [0.2, 0.25) is 0 Å². The molecule has 0 saturated heterocycles. The molecule has 3 N–H and O–H groups in total. The second-order valence-electron chi connectivity index (χ2n) is 4.16. The number of halogens is 1. The fraction of sp³-hybridized carbons (Fsp3) is 0. The number of benzene rings is 2. The van der Waals surface area contributed by atoms with Crippen molar-refractivity contribution >= 4 is 52.1 Å². The number of urea groups is 1. The van der Waals surface area contributed by atoms with Crippen molar-refractivity contribution in [2.45, 2.75) is 0 Å². The number of hydrogen-bond donors (Lipinski definition) is 3. The average Bonchev–Trinajstić information content (AvgIpc) is 2.46. The molecule has 0 aliphatic rings. The van der Waals surface area contributed by atoms with E-state index in [-0.39, 0.29) is 0 Å². The van der Waals surface area contributed by atoms with E-state index in [9.17, 15) is 9.59 Å². The van der Waals surface area contributed by atoms with Crippen molar-refractivity contribution in [3.05, 3.63) is 58.6 Å². The number of nitrogens with two attached hydrogens (primary N) is 1. The Morgan fingerprint density at radius 1 is 1.14 bits per heavy atom. The van der Waals surface area contributed by atoms with Crippen molar-refractivity contribution in [3.8, 4) is 0 Å². The maximum atomic E-state index is 12.1. The molecule has 0 aliphatic heterocycles. The monoisotopic (exact) mass is 365 g/mol. The highest BCUT2D eigenvalue weighted by atomic mass is 79.9. The summed E-state index contributed by atoms with van der Waals surface area (Å²) < 4.78 is 2.00. The van der Waals surface area contributed by atoms with Crippen LogP contribution in [0.25, 0.3) is 0 Å². The number of thiol groups is 1. The first-order chi connectivity index (χ1) is 9.97. The van der Waals surface area contributed by atoms with E-state index >= 15 is 0 Å². The summed E-state index contributed by atoms with van der Waals surface area (Å²) >= 11 is 7.48. The SMILES string of the molecule is NC(=O)c1ccc(N(S)C(=O)Nc2cccc(Br)c2)cc1. The number of nitrogens with zero attached hydrogens (tertiary/aromatic N) is 1. The molecule has 0 aromatic heterocycles. The lowest BCUT2D eigenvalue weighted by Gasteiger charge is -2.16. The van der Waals surface area contributed by atoms with Gasteiger partial charge in [0.15, 0.2) is 0 Å². The number of primary amides is 1. The maximum absolute atomic E-state index is 12.1. The summed E-state index contributed by atoms with van der Waals surface area (Å²) in [7, 11) is 0. The Morgan fingerprint density at radius 2 is 1.81 bits per heavy atom. The van der Waals surface area contributed by atoms with Crippen LogP contribution in [0.1, 0.15) is 10.4 Å². The van der Waals surface area contributed by atoms with Gasteiger partial charge < -0.3 is 11.1 Å². The van der Waals surface area contributed by atoms with Crippen molar-refractivity contribution in [2.24, 2.45) is 5.73 Å². The van der Waals surface area contributed by atoms with Crippen molar-refractivity contribution < 1.29 is 9.59 Å². The molecule has 2 aromatic carbocycles. The molecule has 7 heteroatoms. The van der Waals surface area contributed by atoms with Gasteiger partial charge in [0.2, 0.25) is 5.91 Å². The van der Waals surface area contributed by atoms with Crippen LogP contribution < -0.4 is 15.4 Å². The number of amides is 3. The van der Waals surface area contributed by atoms with Gasteiger partial charge in [0, 0.05) is 15.7 Å². The third-order valence-electron chi connectivity index (χ3n) is 2.66. The second-order valence-corrected chi connectivity index (χ2v) is 5.48. The van der Waals surface area contributed by atoms with Gasteiger partial charge in [-0.3, -0.25) is 4.79 Å². The fourth-order valence-electron chi connectivity index (χ4n) is 1.63. The average molecular weight is 366 g/mol. The number of hydrogen-bond acceptors (Lipinski definition) is 3. The van der Waals surface area contributed by atoms with Gasteiger partial charge in [-0.2, -0.15) is 0 Å². The van der Waals surface area contributed by atoms with Gasteiger partial charge in [-0.05, 0) is 42.5 Å². The minimum absolute atomic E-state index is 0.368. The number of carbonyl (C=O) groups is 2. The lowest BCUT2D eigenvalue weighted by atomic mass is 10.2. The maximum Gasteiger partial charge on any atom is 0.336 e. The molecule has 3 amide bonds. The zero-order chi connectivity index (χ0) is 15.4. The first-order valence-corrected chi connectivity index (χ1v) is 7.12. The van der Waals surface area contributed by atoms with Crippen molar-refractivity contribution in [3.63, 3.8) is 0 Å². The highest BCUT2D eigenvalue weighted by Crippen LogP contribution is 2.20. The van der Waals surface area contributed by atoms with E-state index in [0.717, 1.165) is 8.78 Å². The van der Waals surface area contributed by atoms with Gasteiger partial charge in [-0.25, -0.2) is 9.10 Å². The fourth-order valence-corrected chi connectivity index (χ4v) is 2.21. The minimum atomic E-state index is -0.522. The standard InChI is InChI=1S/C14H12BrN3O2S/c15-10-2-1-3-11(8-10)17-14(20)18(21)12-6-4-9(5-7-12)13(16)19/h1-8,21H,(H2,16,19)(H,17,20). The molecule has 0 heterocycles. The molecule has 108 valence electrons. The largest absolute Gasteiger partial charge is 0.366 e. The quantitative estimate of drug-likeness (QED) is 0.728. The lowest BCUT2D eigenvalue weighted by Crippen LogP contribution is -2.26. The Morgan fingerprint density at radius 3 is 2.38 bits per heavy atom. The summed E-state index contributed by atoms with van der Waals surface area (Å²) in [6.45, 7) is 0. The van der Waals surface area contributed by atoms with Crippen LogP contribution in [-0.2, 0) is 0 Å². The van der Waals surface area contributed by atoms with E-state index in [4.69, 9.17) is 5.73 Å². The van der Waals surface area contributed by atoms with Crippen molar-refractivity contribution in [1.29, 1.82) is 0 Å². The molecular weight excluding hydrogens is 354 g/mol. The highest BCUT2D eigenvalue weighted by Gasteiger charge is 2.12. The van der Waals surface area contributed by atoms with E-state index in [1.807, 2.05) is 12.1 Å². The number of nitrogens with one attached hydrogen (secondary N) is 1. The van der Waals surface area contributed by atoms with Crippen LogP contribution in [0.3, 0.4) is 0 Å². The van der Waals surface area contributed by atoms with Gasteiger partial charge in [0.05, 0.1) is 5.69 Å². The molecule has 0 unspecified atom stereocenters. The van der Waals surface area contributed by atoms with Crippen LogP contribution in [0, 0.1) is 0 Å². The molecule has 2 rings (SSSR count). The zero-order valence-corrected chi connectivity index (χ0v) is 13.3. The lowest BCUT2D eigenvalue weighted by molar-refractivity contribution is 0.100. The van der Waals surface area contributed by atoms with Crippen LogP contribution in [0.15, 0.2) is 53.0 Å². The molecule has 5 nitrogen and oxygen atoms in total. The van der Waals surface area contributed by atoms with Crippen molar-refractivity contribution in [2.75, 3.05) is 9.62 Å². The molecular formula is C14H12BrN3O2S. The Bertz CT molecular complexity index is 676. The predicted molar refractivity (Wildman–Crippen MR) is 89.6 cm³/mol. The summed E-state index contributed by atoms with van der Waals surface area (Å²) in [4.78, 5) is 23.1. The summed E-state index contributed by atoms with van der Waals surface area (Å²) in [5.74, 6) is -0.522. The number of carbonyl (C=O) groups excluding carboxylic acids is 2. The van der Waals surface area contributed by atoms with Gasteiger partial charge in [-0.1, -0.05) is 34.8 Å². The molecule has 0 bridgehead atoms. The molecule has 0 aliphatic carbocycles. The van der Waals surface area contributed by atoms with Gasteiger partial charge in [-0.15, -0.1) is 0 Å². The Labute approximate surface area is 135 Å². The van der Waals surface area contributed by atoms with Crippen LogP contribution in [0.5, 0.6) is 0 Å². The van der Waals surface area contributed by atoms with Gasteiger partial charge in [0.1, 0.15) is 0 Å². The molecule has 0 radical (unpaired) electrons. The molecule has 0 spiro atoms. The Kier molecular flexibility index (Phi) is 4.87. The second kappa shape index (κ2) is 6.64. The Balaban J connectivity index is 2.10. The molecule has 0 atom stereocenters. The first kappa shape index (κ1) is 15.4. The van der Waals surface area contributed by atoms with Crippen LogP contribution in [0.4, 0.5) is 16.2 Å². The third kappa shape index (κ3) is 3.99. The summed E-state index contributed by atoms with van der Waals surface area (Å²) in [6.07, 6.45) is 0. The first-order valence-electron chi connectivity index (χ1n) is 5.93. The van der Waals surface area contributed by atoms with E-state index in [1.54, 1.807) is 24.3 Å². The Hall–Kier alpha value is -1.99. The molecule has 0 saturated carbocycles. The van der Waals surface area contributed by atoms with E-state index in [1.165, 1.54) is 12.1 Å². The van der Waals surface area contributed by atoms with E-state index in [0.29, 0.717) is 16.9 Å². The summed E-state index contributed by atoms with van der Waals surface area (Å²) in [6, 6.07) is 13.0. The summed E-state index contributed by atoms with van der Waals surface area (Å²) in [5.41, 5.74) is 6.69. The minimum Gasteiger partial charge on any atom is -0.366 e.